The largest absolute Gasteiger partial charge is 0.403 e. The van der Waals surface area contributed by atoms with Gasteiger partial charge >= 0.3 is 6.01 Å². The number of rotatable bonds is 10. The summed E-state index contributed by atoms with van der Waals surface area (Å²) in [5.41, 5.74) is 1.52. The summed E-state index contributed by atoms with van der Waals surface area (Å²) in [5.74, 6) is -0.489. The van der Waals surface area contributed by atoms with Crippen molar-refractivity contribution < 1.29 is 26.0 Å². The number of nitrogens with zero attached hydrogens (tertiary/aromatic N) is 4. The predicted molar refractivity (Wildman–Crippen MR) is 145 cm³/mol. The lowest BCUT2D eigenvalue weighted by atomic mass is 10.2. The molecule has 0 aliphatic heterocycles. The van der Waals surface area contributed by atoms with Crippen LogP contribution in [0.1, 0.15) is 22.8 Å². The minimum atomic E-state index is -3.77. The zero-order valence-electron chi connectivity index (χ0n) is 21.5. The molecule has 0 saturated heterocycles. The van der Waals surface area contributed by atoms with E-state index < -0.39 is 26.0 Å². The van der Waals surface area contributed by atoms with Gasteiger partial charge in [0, 0.05) is 38.3 Å². The monoisotopic (exact) mass is 569 g/mol. The van der Waals surface area contributed by atoms with Crippen molar-refractivity contribution in [2.45, 2.75) is 23.3 Å². The third-order valence-electron chi connectivity index (χ3n) is 5.83. The van der Waals surface area contributed by atoms with Crippen molar-refractivity contribution in [3.8, 4) is 11.5 Å². The first-order valence-corrected chi connectivity index (χ1v) is 14.7. The maximum Gasteiger partial charge on any atom is 0.322 e. The molecular formula is C26H27N5O6S2. The van der Waals surface area contributed by atoms with Gasteiger partial charge in [-0.3, -0.25) is 10.1 Å². The molecule has 39 heavy (non-hydrogen) atoms. The van der Waals surface area contributed by atoms with E-state index in [1.165, 1.54) is 66.9 Å². The molecule has 13 heteroatoms. The number of benzene rings is 3. The van der Waals surface area contributed by atoms with Crippen LogP contribution in [0.2, 0.25) is 0 Å². The van der Waals surface area contributed by atoms with E-state index in [0.29, 0.717) is 5.56 Å². The quantitative estimate of drug-likeness (QED) is 0.306. The van der Waals surface area contributed by atoms with Crippen molar-refractivity contribution in [3.05, 3.63) is 90.0 Å². The summed E-state index contributed by atoms with van der Waals surface area (Å²) in [7, 11) is -4.48. The Morgan fingerprint density at radius 2 is 1.41 bits per heavy atom. The molecule has 0 aliphatic carbocycles. The summed E-state index contributed by atoms with van der Waals surface area (Å²) < 4.78 is 58.7. The number of nitrogens with one attached hydrogen (secondary N) is 1. The third-order valence-corrected chi connectivity index (χ3v) is 9.60. The number of hydrogen-bond acceptors (Lipinski definition) is 8. The Bertz CT molecular complexity index is 1650. The molecule has 0 bridgehead atoms. The summed E-state index contributed by atoms with van der Waals surface area (Å²) in [4.78, 5) is 12.9. The molecule has 0 unspecified atom stereocenters. The maximum atomic E-state index is 13.1. The van der Waals surface area contributed by atoms with Gasteiger partial charge in [0.1, 0.15) is 0 Å². The summed E-state index contributed by atoms with van der Waals surface area (Å²) in [6.07, 6.45) is 0. The van der Waals surface area contributed by atoms with Gasteiger partial charge in [-0.15, -0.1) is 5.10 Å². The van der Waals surface area contributed by atoms with E-state index in [-0.39, 0.29) is 40.3 Å². The first-order chi connectivity index (χ1) is 18.5. The summed E-state index contributed by atoms with van der Waals surface area (Å²) in [5, 5.41) is 10.2. The molecule has 204 valence electrons. The number of carbonyl (C=O) groups is 1. The molecule has 4 rings (SSSR count). The van der Waals surface area contributed by atoms with Crippen LogP contribution in [0.15, 0.2) is 93.1 Å². The summed E-state index contributed by atoms with van der Waals surface area (Å²) >= 11 is 0. The Labute approximate surface area is 227 Å². The Morgan fingerprint density at radius 3 is 2.00 bits per heavy atom. The smallest absolute Gasteiger partial charge is 0.322 e. The second-order valence-electron chi connectivity index (χ2n) is 8.62. The van der Waals surface area contributed by atoms with Crippen molar-refractivity contribution in [2.24, 2.45) is 0 Å². The highest BCUT2D eigenvalue weighted by Gasteiger charge is 2.24. The third kappa shape index (κ3) is 6.23. The highest BCUT2D eigenvalue weighted by atomic mass is 32.2. The van der Waals surface area contributed by atoms with Gasteiger partial charge in [0.05, 0.1) is 9.79 Å². The molecule has 0 spiro atoms. The van der Waals surface area contributed by atoms with E-state index in [9.17, 15) is 21.6 Å². The molecular weight excluding hydrogens is 542 g/mol. The summed E-state index contributed by atoms with van der Waals surface area (Å²) in [6, 6.07) is 20.6. The Hall–Kier alpha value is -3.91. The van der Waals surface area contributed by atoms with Gasteiger partial charge in [0.15, 0.2) is 0 Å². The van der Waals surface area contributed by atoms with Crippen LogP contribution in [0.25, 0.3) is 11.5 Å². The van der Waals surface area contributed by atoms with Gasteiger partial charge in [0.25, 0.3) is 5.91 Å². The summed E-state index contributed by atoms with van der Waals surface area (Å²) in [6.45, 7) is 2.28. The molecule has 1 aromatic heterocycles. The molecule has 0 radical (unpaired) electrons. The van der Waals surface area contributed by atoms with Gasteiger partial charge in [-0.1, -0.05) is 42.4 Å². The van der Waals surface area contributed by atoms with Gasteiger partial charge < -0.3 is 4.42 Å². The van der Waals surface area contributed by atoms with E-state index in [0.717, 1.165) is 9.87 Å². The lowest BCUT2D eigenvalue weighted by Gasteiger charge is -2.20. The average molecular weight is 570 g/mol. The Balaban J connectivity index is 1.44. The number of anilines is 1. The lowest BCUT2D eigenvalue weighted by Crippen LogP contribution is -2.30. The van der Waals surface area contributed by atoms with Crippen LogP contribution in [-0.4, -0.2) is 62.2 Å². The normalized spacial score (nSPS) is 12.1. The van der Waals surface area contributed by atoms with Gasteiger partial charge in [-0.05, 0) is 54.1 Å². The van der Waals surface area contributed by atoms with Gasteiger partial charge in [0.2, 0.25) is 25.9 Å². The van der Waals surface area contributed by atoms with Gasteiger partial charge in [-0.2, -0.15) is 4.31 Å². The molecule has 0 fully saturated rings. The molecule has 0 saturated carbocycles. The van der Waals surface area contributed by atoms with E-state index >= 15 is 0 Å². The first kappa shape index (κ1) is 28.1. The molecule has 0 atom stereocenters. The topological polar surface area (TPSA) is 143 Å². The molecule has 4 aromatic rings. The SMILES string of the molecule is CCN(Cc1ccccc1)S(=O)(=O)c1ccc(C(=O)Nc2nnc(-c3ccc(S(=O)(=O)N(C)C)cc3)o2)cc1. The zero-order valence-corrected chi connectivity index (χ0v) is 23.1. The van der Waals surface area contributed by atoms with Crippen LogP contribution in [0.5, 0.6) is 0 Å². The average Bonchev–Trinajstić information content (AvgIpc) is 3.40. The highest BCUT2D eigenvalue weighted by Crippen LogP contribution is 2.24. The van der Waals surface area contributed by atoms with Crippen LogP contribution in [-0.2, 0) is 26.6 Å². The molecule has 1 amide bonds. The Morgan fingerprint density at radius 1 is 0.821 bits per heavy atom. The predicted octanol–water partition coefficient (Wildman–Crippen LogP) is 3.45. The molecule has 1 N–H and O–H groups in total. The highest BCUT2D eigenvalue weighted by molar-refractivity contribution is 7.89. The van der Waals surface area contributed by atoms with Crippen LogP contribution in [0.3, 0.4) is 0 Å². The van der Waals surface area contributed by atoms with Crippen LogP contribution in [0.4, 0.5) is 6.01 Å². The number of sulfonamides is 2. The molecule has 11 nitrogen and oxygen atoms in total. The van der Waals surface area contributed by atoms with Crippen molar-refractivity contribution in [1.29, 1.82) is 0 Å². The van der Waals surface area contributed by atoms with Crippen molar-refractivity contribution in [1.82, 2.24) is 18.8 Å². The number of aromatic nitrogens is 2. The number of amides is 1. The number of carbonyl (C=O) groups excluding carboxylic acids is 1. The minimum absolute atomic E-state index is 0.0663. The van der Waals surface area contributed by atoms with E-state index in [1.54, 1.807) is 6.92 Å². The molecule has 1 heterocycles. The van der Waals surface area contributed by atoms with E-state index in [4.69, 9.17) is 4.42 Å². The van der Waals surface area contributed by atoms with Crippen molar-refractivity contribution in [2.75, 3.05) is 26.0 Å². The van der Waals surface area contributed by atoms with Crippen LogP contribution in [0, 0.1) is 0 Å². The fourth-order valence-corrected chi connectivity index (χ4v) is 5.96. The minimum Gasteiger partial charge on any atom is -0.403 e. The molecule has 3 aromatic carbocycles. The zero-order chi connectivity index (χ0) is 28.2. The van der Waals surface area contributed by atoms with Crippen molar-refractivity contribution in [3.63, 3.8) is 0 Å². The maximum absolute atomic E-state index is 13.1. The Kier molecular flexibility index (Phi) is 8.25. The van der Waals surface area contributed by atoms with Crippen molar-refractivity contribution >= 4 is 32.0 Å². The van der Waals surface area contributed by atoms with Crippen LogP contribution < -0.4 is 5.32 Å². The number of hydrogen-bond donors (Lipinski definition) is 1. The lowest BCUT2D eigenvalue weighted by molar-refractivity contribution is 0.102. The standard InChI is InChI=1S/C26H27N5O6S2/c1-4-31(18-19-8-6-5-7-9-19)39(35,36)23-14-10-20(11-15-23)24(32)27-26-29-28-25(37-26)21-12-16-22(17-13-21)38(33,34)30(2)3/h5-17H,4,18H2,1-3H3,(H,27,29,32). The fourth-order valence-electron chi connectivity index (χ4n) is 3.62. The second kappa shape index (κ2) is 11.5. The van der Waals surface area contributed by atoms with Gasteiger partial charge in [-0.25, -0.2) is 21.1 Å². The first-order valence-electron chi connectivity index (χ1n) is 11.8. The van der Waals surface area contributed by atoms with E-state index in [2.05, 4.69) is 15.5 Å². The van der Waals surface area contributed by atoms with E-state index in [1.807, 2.05) is 30.3 Å². The second-order valence-corrected chi connectivity index (χ2v) is 12.7. The molecule has 0 aliphatic rings. The fraction of sp³-hybridized carbons (Fsp3) is 0.192. The van der Waals surface area contributed by atoms with Crippen LogP contribution >= 0.6 is 0 Å².